The zero-order valence-electron chi connectivity index (χ0n) is 9.85. The Kier molecular flexibility index (Phi) is 3.05. The van der Waals surface area contributed by atoms with Gasteiger partial charge in [-0.3, -0.25) is 14.3 Å². The maximum Gasteiger partial charge on any atom is 0.328 e. The van der Waals surface area contributed by atoms with Crippen molar-refractivity contribution in [3.05, 3.63) is 32.3 Å². The number of hydrogen-bond acceptors (Lipinski definition) is 4. The van der Waals surface area contributed by atoms with Crippen LogP contribution in [0.5, 0.6) is 0 Å². The first-order chi connectivity index (χ1) is 8.75. The minimum absolute atomic E-state index is 0.248. The topological polar surface area (TPSA) is 64.1 Å². The van der Waals surface area contributed by atoms with E-state index in [-0.39, 0.29) is 17.4 Å². The predicted octanol–water partition coefficient (Wildman–Crippen LogP) is 1.32. The summed E-state index contributed by atoms with van der Waals surface area (Å²) in [6, 6.07) is 1.83. The summed E-state index contributed by atoms with van der Waals surface area (Å²) >= 11 is 1.36. The predicted molar refractivity (Wildman–Crippen MR) is 70.3 cm³/mol. The maximum atomic E-state index is 11.8. The van der Waals surface area contributed by atoms with Gasteiger partial charge in [-0.05, 0) is 30.7 Å². The van der Waals surface area contributed by atoms with Gasteiger partial charge >= 0.3 is 5.69 Å². The fraction of sp³-hybridized carbons (Fsp3) is 0.500. The fourth-order valence-corrected chi connectivity index (χ4v) is 3.17. The number of ether oxygens (including phenoxy) is 1. The van der Waals surface area contributed by atoms with Crippen LogP contribution in [0, 0.1) is 0 Å². The molecule has 0 radical (unpaired) electrons. The molecule has 1 N–H and O–H groups in total. The quantitative estimate of drug-likeness (QED) is 0.911. The van der Waals surface area contributed by atoms with Crippen molar-refractivity contribution < 1.29 is 4.74 Å². The third-order valence-corrected chi connectivity index (χ3v) is 4.21. The summed E-state index contributed by atoms with van der Waals surface area (Å²) in [6.07, 6.45) is 3.22. The van der Waals surface area contributed by atoms with Crippen LogP contribution >= 0.6 is 11.3 Å². The highest BCUT2D eigenvalue weighted by atomic mass is 32.1. The molecule has 1 aliphatic rings. The Labute approximate surface area is 107 Å². The number of rotatable bonds is 3. The van der Waals surface area contributed by atoms with Crippen molar-refractivity contribution in [1.29, 1.82) is 0 Å². The van der Waals surface area contributed by atoms with E-state index >= 15 is 0 Å². The molecular formula is C12H14N2O3S. The van der Waals surface area contributed by atoms with Gasteiger partial charge in [0.05, 0.1) is 11.6 Å². The standard InChI is InChI=1S/C12H14N2O3S/c15-11-10-9(4-7-18-10)14(12(16)13-11)5-3-8-2-1-6-17-8/h4,7-8H,1-3,5-6H2,(H,13,15,16). The highest BCUT2D eigenvalue weighted by molar-refractivity contribution is 7.17. The normalized spacial score (nSPS) is 19.7. The van der Waals surface area contributed by atoms with Gasteiger partial charge in [0.2, 0.25) is 0 Å². The molecule has 3 heterocycles. The molecule has 1 fully saturated rings. The van der Waals surface area contributed by atoms with Crippen molar-refractivity contribution in [2.24, 2.45) is 0 Å². The molecule has 0 spiro atoms. The zero-order chi connectivity index (χ0) is 12.5. The molecule has 3 rings (SSSR count). The number of nitrogens with one attached hydrogen (secondary N) is 1. The molecule has 0 saturated carbocycles. The molecule has 2 aromatic heterocycles. The highest BCUT2D eigenvalue weighted by Gasteiger charge is 2.16. The van der Waals surface area contributed by atoms with E-state index in [0.29, 0.717) is 11.2 Å². The Bertz CT molecular complexity index is 664. The molecule has 1 atom stereocenters. The van der Waals surface area contributed by atoms with Crippen LogP contribution in [0.1, 0.15) is 19.3 Å². The van der Waals surface area contributed by atoms with Gasteiger partial charge in [-0.1, -0.05) is 0 Å². The summed E-state index contributed by atoms with van der Waals surface area (Å²) in [7, 11) is 0. The zero-order valence-corrected chi connectivity index (χ0v) is 10.7. The summed E-state index contributed by atoms with van der Waals surface area (Å²) in [4.78, 5) is 25.8. The molecule has 6 heteroatoms. The van der Waals surface area contributed by atoms with Crippen molar-refractivity contribution in [2.45, 2.75) is 31.9 Å². The van der Waals surface area contributed by atoms with Gasteiger partial charge in [0.1, 0.15) is 4.70 Å². The molecule has 1 aliphatic heterocycles. The largest absolute Gasteiger partial charge is 0.378 e. The SMILES string of the molecule is O=c1[nH]c(=O)n(CCC2CCCO2)c2ccsc12. The third kappa shape index (κ3) is 2.02. The number of nitrogens with zero attached hydrogens (tertiary/aromatic N) is 1. The van der Waals surface area contributed by atoms with E-state index in [1.807, 2.05) is 11.4 Å². The molecular weight excluding hydrogens is 252 g/mol. The smallest absolute Gasteiger partial charge is 0.328 e. The number of aryl methyl sites for hydroxylation is 1. The summed E-state index contributed by atoms with van der Waals surface area (Å²) in [5.41, 5.74) is 0.106. The van der Waals surface area contributed by atoms with Gasteiger partial charge in [0.25, 0.3) is 5.56 Å². The third-order valence-electron chi connectivity index (χ3n) is 3.31. The number of H-pyrrole nitrogens is 1. The van der Waals surface area contributed by atoms with Crippen LogP contribution in [0.2, 0.25) is 0 Å². The molecule has 0 amide bonds. The van der Waals surface area contributed by atoms with Crippen LogP contribution in [-0.4, -0.2) is 22.3 Å². The summed E-state index contributed by atoms with van der Waals surface area (Å²) in [5, 5.41) is 1.84. The first-order valence-electron chi connectivity index (χ1n) is 6.07. The van der Waals surface area contributed by atoms with Crippen molar-refractivity contribution in [1.82, 2.24) is 9.55 Å². The Morgan fingerprint density at radius 3 is 3.17 bits per heavy atom. The second kappa shape index (κ2) is 4.70. The van der Waals surface area contributed by atoms with E-state index in [4.69, 9.17) is 4.74 Å². The highest BCUT2D eigenvalue weighted by Crippen LogP contribution is 2.18. The van der Waals surface area contributed by atoms with Crippen molar-refractivity contribution in [3.63, 3.8) is 0 Å². The first kappa shape index (κ1) is 11.7. The Balaban J connectivity index is 1.93. The molecule has 18 heavy (non-hydrogen) atoms. The number of aromatic nitrogens is 2. The minimum Gasteiger partial charge on any atom is -0.378 e. The molecule has 5 nitrogen and oxygen atoms in total. The van der Waals surface area contributed by atoms with Gasteiger partial charge in [-0.2, -0.15) is 0 Å². The van der Waals surface area contributed by atoms with Crippen LogP contribution in [0.15, 0.2) is 21.0 Å². The lowest BCUT2D eigenvalue weighted by Gasteiger charge is -2.11. The van der Waals surface area contributed by atoms with Crippen LogP contribution in [0.4, 0.5) is 0 Å². The van der Waals surface area contributed by atoms with Crippen molar-refractivity contribution in [2.75, 3.05) is 6.61 Å². The van der Waals surface area contributed by atoms with Gasteiger partial charge < -0.3 is 4.74 Å². The van der Waals surface area contributed by atoms with Gasteiger partial charge in [0.15, 0.2) is 0 Å². The number of thiophene rings is 1. The van der Waals surface area contributed by atoms with Gasteiger partial charge in [-0.15, -0.1) is 11.3 Å². The van der Waals surface area contributed by atoms with Crippen LogP contribution < -0.4 is 11.2 Å². The van der Waals surface area contributed by atoms with Gasteiger partial charge in [0, 0.05) is 13.2 Å². The molecule has 2 aromatic rings. The number of fused-ring (bicyclic) bond motifs is 1. The molecule has 1 saturated heterocycles. The molecule has 96 valence electrons. The van der Waals surface area contributed by atoms with Crippen molar-refractivity contribution >= 4 is 21.6 Å². The summed E-state index contributed by atoms with van der Waals surface area (Å²) in [6.45, 7) is 1.41. The first-order valence-corrected chi connectivity index (χ1v) is 6.95. The van der Waals surface area contributed by atoms with Crippen LogP contribution in [-0.2, 0) is 11.3 Å². The number of aromatic amines is 1. The average molecular weight is 266 g/mol. The second-order valence-electron chi connectivity index (χ2n) is 4.47. The molecule has 0 bridgehead atoms. The summed E-state index contributed by atoms with van der Waals surface area (Å²) < 4.78 is 7.79. The van der Waals surface area contributed by atoms with Crippen molar-refractivity contribution in [3.8, 4) is 0 Å². The molecule has 1 unspecified atom stereocenters. The van der Waals surface area contributed by atoms with E-state index in [9.17, 15) is 9.59 Å². The lowest BCUT2D eigenvalue weighted by Crippen LogP contribution is -2.30. The molecule has 0 aromatic carbocycles. The van der Waals surface area contributed by atoms with E-state index in [1.165, 1.54) is 11.3 Å². The molecule has 0 aliphatic carbocycles. The number of hydrogen-bond donors (Lipinski definition) is 1. The average Bonchev–Trinajstić information content (AvgIpc) is 2.98. The Morgan fingerprint density at radius 1 is 1.50 bits per heavy atom. The lowest BCUT2D eigenvalue weighted by molar-refractivity contribution is 0.100. The fourth-order valence-electron chi connectivity index (χ4n) is 2.38. The monoisotopic (exact) mass is 266 g/mol. The second-order valence-corrected chi connectivity index (χ2v) is 5.39. The van der Waals surface area contributed by atoms with E-state index in [2.05, 4.69) is 4.98 Å². The van der Waals surface area contributed by atoms with Crippen LogP contribution in [0.25, 0.3) is 10.2 Å². The summed E-state index contributed by atoms with van der Waals surface area (Å²) in [5.74, 6) is 0. The van der Waals surface area contributed by atoms with Gasteiger partial charge in [-0.25, -0.2) is 4.79 Å². The van der Waals surface area contributed by atoms with E-state index in [1.54, 1.807) is 4.57 Å². The van der Waals surface area contributed by atoms with E-state index in [0.717, 1.165) is 31.4 Å². The van der Waals surface area contributed by atoms with Crippen LogP contribution in [0.3, 0.4) is 0 Å². The minimum atomic E-state index is -0.330. The Morgan fingerprint density at radius 2 is 2.39 bits per heavy atom. The lowest BCUT2D eigenvalue weighted by atomic mass is 10.2. The van der Waals surface area contributed by atoms with E-state index < -0.39 is 0 Å². The Hall–Kier alpha value is -1.40. The maximum absolute atomic E-state index is 11.8.